The van der Waals surface area contributed by atoms with Crippen molar-refractivity contribution in [3.8, 4) is 5.75 Å². The fraction of sp³-hybridized carbons (Fsp3) is 0.0870. The molecule has 0 bridgehead atoms. The number of urea groups is 1. The van der Waals surface area contributed by atoms with Crippen LogP contribution in [-0.2, 0) is 16.6 Å². The molecule has 10 heteroatoms. The van der Waals surface area contributed by atoms with Gasteiger partial charge in [-0.05, 0) is 48.5 Å². The number of benzene rings is 2. The molecular formula is C23H18N4O5S. The first-order valence-electron chi connectivity index (χ1n) is 9.97. The summed E-state index contributed by atoms with van der Waals surface area (Å²) in [7, 11) is -2.66. The zero-order valence-corrected chi connectivity index (χ0v) is 18.3. The monoisotopic (exact) mass is 462 g/mol. The van der Waals surface area contributed by atoms with Crippen LogP contribution in [0.1, 0.15) is 5.69 Å². The van der Waals surface area contributed by atoms with Crippen molar-refractivity contribution in [3.05, 3.63) is 95.0 Å². The minimum absolute atomic E-state index is 0.0158. The van der Waals surface area contributed by atoms with E-state index in [-0.39, 0.29) is 28.4 Å². The summed E-state index contributed by atoms with van der Waals surface area (Å²) in [6.07, 6.45) is 1.60. The Balaban J connectivity index is 1.64. The Morgan fingerprint density at radius 1 is 0.939 bits per heavy atom. The van der Waals surface area contributed by atoms with E-state index in [0.29, 0.717) is 17.1 Å². The lowest BCUT2D eigenvalue weighted by molar-refractivity contribution is 0.253. The van der Waals surface area contributed by atoms with Gasteiger partial charge >= 0.3 is 6.03 Å². The van der Waals surface area contributed by atoms with Crippen molar-refractivity contribution in [3.63, 3.8) is 0 Å². The third kappa shape index (κ3) is 3.40. The van der Waals surface area contributed by atoms with Crippen molar-refractivity contribution >= 4 is 33.1 Å². The Hall–Kier alpha value is -4.18. The standard InChI is InChI=1S/C23H18N4O5S/c1-32-18-11-9-17(10-12-18)27-23(29)26(19-6-2-3-7-20(19)33(27,30)31)15-16-14-22(28)25-13-5-4-8-21(25)24-16/h2-14H,15H2,1H3. The largest absolute Gasteiger partial charge is 0.497 e. The van der Waals surface area contributed by atoms with E-state index >= 15 is 0 Å². The molecule has 0 radical (unpaired) electrons. The molecule has 0 atom stereocenters. The van der Waals surface area contributed by atoms with Gasteiger partial charge in [-0.25, -0.2) is 18.2 Å². The van der Waals surface area contributed by atoms with Gasteiger partial charge in [0.15, 0.2) is 0 Å². The Morgan fingerprint density at radius 2 is 1.67 bits per heavy atom. The number of nitrogens with zero attached hydrogens (tertiary/aromatic N) is 4. The van der Waals surface area contributed by atoms with Gasteiger partial charge < -0.3 is 4.74 Å². The summed E-state index contributed by atoms with van der Waals surface area (Å²) in [5, 5.41) is 0. The highest BCUT2D eigenvalue weighted by Gasteiger charge is 2.42. The van der Waals surface area contributed by atoms with E-state index in [0.717, 1.165) is 4.31 Å². The van der Waals surface area contributed by atoms with Crippen molar-refractivity contribution < 1.29 is 17.9 Å². The first-order chi connectivity index (χ1) is 15.9. The number of sulfonamides is 1. The van der Waals surface area contributed by atoms with Crippen molar-refractivity contribution in [2.75, 3.05) is 16.3 Å². The number of amides is 2. The molecule has 1 aliphatic heterocycles. The maximum atomic E-state index is 13.5. The Morgan fingerprint density at radius 3 is 2.42 bits per heavy atom. The Bertz CT molecular complexity index is 1550. The number of carbonyl (C=O) groups is 1. The number of para-hydroxylation sites is 1. The first kappa shape index (κ1) is 20.7. The summed E-state index contributed by atoms with van der Waals surface area (Å²) in [5.41, 5.74) is 0.864. The summed E-state index contributed by atoms with van der Waals surface area (Å²) in [6, 6.07) is 18.1. The Labute approximate surface area is 189 Å². The van der Waals surface area contributed by atoms with Crippen LogP contribution in [-0.4, -0.2) is 30.9 Å². The highest BCUT2D eigenvalue weighted by molar-refractivity contribution is 7.94. The van der Waals surface area contributed by atoms with Gasteiger partial charge in [-0.3, -0.25) is 14.1 Å². The van der Waals surface area contributed by atoms with Crippen LogP contribution in [0.25, 0.3) is 5.65 Å². The van der Waals surface area contributed by atoms with Crippen molar-refractivity contribution in [1.29, 1.82) is 0 Å². The molecule has 3 heterocycles. The molecule has 166 valence electrons. The third-order valence-corrected chi connectivity index (χ3v) is 7.08. The molecule has 9 nitrogen and oxygen atoms in total. The fourth-order valence-corrected chi connectivity index (χ4v) is 5.37. The second kappa shape index (κ2) is 7.75. The average Bonchev–Trinajstić information content (AvgIpc) is 2.82. The van der Waals surface area contributed by atoms with E-state index in [2.05, 4.69) is 4.98 Å². The third-order valence-electron chi connectivity index (χ3n) is 5.33. The Kier molecular flexibility index (Phi) is 4.86. The first-order valence-corrected chi connectivity index (χ1v) is 11.4. The quantitative estimate of drug-likeness (QED) is 0.462. The number of methoxy groups -OCH3 is 1. The van der Waals surface area contributed by atoms with Gasteiger partial charge in [-0.15, -0.1) is 0 Å². The molecule has 5 rings (SSSR count). The number of rotatable bonds is 4. The summed E-state index contributed by atoms with van der Waals surface area (Å²) in [5.74, 6) is 0.527. The molecule has 0 N–H and O–H groups in total. The van der Waals surface area contributed by atoms with Crippen LogP contribution in [0.4, 0.5) is 16.2 Å². The van der Waals surface area contributed by atoms with Gasteiger partial charge in [-0.2, -0.15) is 4.31 Å². The second-order valence-electron chi connectivity index (χ2n) is 7.32. The lowest BCUT2D eigenvalue weighted by Crippen LogP contribution is -2.50. The molecule has 2 aromatic heterocycles. The highest BCUT2D eigenvalue weighted by atomic mass is 32.2. The molecular weight excluding hydrogens is 444 g/mol. The van der Waals surface area contributed by atoms with Crippen LogP contribution in [0, 0.1) is 0 Å². The van der Waals surface area contributed by atoms with Gasteiger partial charge in [0.05, 0.1) is 30.7 Å². The summed E-state index contributed by atoms with van der Waals surface area (Å²) in [6.45, 7) is -0.0847. The lowest BCUT2D eigenvalue weighted by Gasteiger charge is -2.36. The van der Waals surface area contributed by atoms with Crippen LogP contribution < -0.4 is 19.5 Å². The molecule has 33 heavy (non-hydrogen) atoms. The number of pyridine rings is 1. The van der Waals surface area contributed by atoms with Crippen molar-refractivity contribution in [2.24, 2.45) is 0 Å². The molecule has 2 amide bonds. The summed E-state index contributed by atoms with van der Waals surface area (Å²) < 4.78 is 34.0. The molecule has 0 saturated heterocycles. The van der Waals surface area contributed by atoms with Crippen LogP contribution in [0.15, 0.2) is 88.7 Å². The van der Waals surface area contributed by atoms with Crippen molar-refractivity contribution in [2.45, 2.75) is 11.4 Å². The molecule has 0 saturated carbocycles. The van der Waals surface area contributed by atoms with E-state index in [9.17, 15) is 18.0 Å². The van der Waals surface area contributed by atoms with Crippen LogP contribution in [0.3, 0.4) is 0 Å². The van der Waals surface area contributed by atoms with Crippen LogP contribution in [0.5, 0.6) is 5.75 Å². The molecule has 1 aliphatic rings. The number of anilines is 2. The number of carbonyl (C=O) groups excluding carboxylic acids is 1. The second-order valence-corrected chi connectivity index (χ2v) is 9.07. The topological polar surface area (TPSA) is 101 Å². The molecule has 0 spiro atoms. The van der Waals surface area contributed by atoms with Gasteiger partial charge in [-0.1, -0.05) is 18.2 Å². The van der Waals surface area contributed by atoms with E-state index in [1.165, 1.54) is 40.7 Å². The van der Waals surface area contributed by atoms with Crippen LogP contribution in [0.2, 0.25) is 0 Å². The van der Waals surface area contributed by atoms with Gasteiger partial charge in [0.1, 0.15) is 16.3 Å². The number of hydrogen-bond donors (Lipinski definition) is 0. The number of hydrogen-bond acceptors (Lipinski definition) is 6. The predicted molar refractivity (Wildman–Crippen MR) is 122 cm³/mol. The van der Waals surface area contributed by atoms with E-state index in [1.54, 1.807) is 54.7 Å². The zero-order chi connectivity index (χ0) is 23.2. The SMILES string of the molecule is COc1ccc(N2C(=O)N(Cc3cc(=O)n4ccccc4n3)c3ccccc3S2(=O)=O)cc1. The predicted octanol–water partition coefficient (Wildman–Crippen LogP) is 3.04. The molecule has 0 aliphatic carbocycles. The molecule has 2 aromatic carbocycles. The highest BCUT2D eigenvalue weighted by Crippen LogP contribution is 2.38. The minimum atomic E-state index is -4.16. The minimum Gasteiger partial charge on any atom is -0.497 e. The van der Waals surface area contributed by atoms with Crippen LogP contribution >= 0.6 is 0 Å². The molecule has 0 fully saturated rings. The van der Waals surface area contributed by atoms with Gasteiger partial charge in [0.2, 0.25) is 0 Å². The smallest absolute Gasteiger partial charge is 0.343 e. The van der Waals surface area contributed by atoms with Crippen molar-refractivity contribution in [1.82, 2.24) is 9.38 Å². The average molecular weight is 462 g/mol. The van der Waals surface area contributed by atoms with E-state index in [1.807, 2.05) is 0 Å². The number of fused-ring (bicyclic) bond motifs is 2. The van der Waals surface area contributed by atoms with Gasteiger partial charge in [0.25, 0.3) is 15.6 Å². The number of aromatic nitrogens is 2. The maximum Gasteiger partial charge on any atom is 0.343 e. The number of ether oxygens (including phenoxy) is 1. The van der Waals surface area contributed by atoms with E-state index in [4.69, 9.17) is 4.74 Å². The summed E-state index contributed by atoms with van der Waals surface area (Å²) >= 11 is 0. The van der Waals surface area contributed by atoms with Gasteiger partial charge in [0, 0.05) is 12.3 Å². The normalized spacial score (nSPS) is 14.9. The summed E-state index contributed by atoms with van der Waals surface area (Å²) in [4.78, 5) is 31.8. The maximum absolute atomic E-state index is 13.5. The molecule has 0 unspecified atom stereocenters. The zero-order valence-electron chi connectivity index (χ0n) is 17.5. The fourth-order valence-electron chi connectivity index (χ4n) is 3.78. The lowest BCUT2D eigenvalue weighted by atomic mass is 10.2. The van der Waals surface area contributed by atoms with E-state index < -0.39 is 16.1 Å². The molecule has 4 aromatic rings.